The number of carbonyl (C=O) groups excluding carboxylic acids is 1. The fourth-order valence-electron chi connectivity index (χ4n) is 2.85. The number of nitrogens with zero attached hydrogens (tertiary/aromatic N) is 5. The van der Waals surface area contributed by atoms with Crippen LogP contribution in [0.1, 0.15) is 11.7 Å². The van der Waals surface area contributed by atoms with E-state index in [1.54, 1.807) is 12.1 Å². The van der Waals surface area contributed by atoms with Crippen LogP contribution in [0.2, 0.25) is 5.02 Å². The summed E-state index contributed by atoms with van der Waals surface area (Å²) in [7, 11) is 0. The number of alkyl halides is 3. The number of anilines is 1. The highest BCUT2D eigenvalue weighted by molar-refractivity contribution is 6.30. The summed E-state index contributed by atoms with van der Waals surface area (Å²) in [6, 6.07) is 3.89. The van der Waals surface area contributed by atoms with Crippen molar-refractivity contribution in [3.8, 4) is 11.3 Å². The van der Waals surface area contributed by atoms with Gasteiger partial charge in [0, 0.05) is 18.0 Å². The summed E-state index contributed by atoms with van der Waals surface area (Å²) in [6.45, 7) is -1.43. The number of carbonyl (C=O) groups is 1. The molecule has 1 atom stereocenters. The number of halogens is 4. The minimum Gasteiger partial charge on any atom is -0.297 e. The molecule has 132 valence electrons. The van der Waals surface area contributed by atoms with E-state index in [2.05, 4.69) is 20.2 Å². The van der Waals surface area contributed by atoms with Crippen LogP contribution in [0.5, 0.6) is 0 Å². The van der Waals surface area contributed by atoms with Gasteiger partial charge in [0.15, 0.2) is 0 Å². The topological polar surface area (TPSA) is 70.8 Å². The average Bonchev–Trinajstić information content (AvgIpc) is 3.08. The molecule has 0 saturated carbocycles. The van der Waals surface area contributed by atoms with E-state index in [0.29, 0.717) is 21.2 Å². The molecule has 2 aromatic heterocycles. The van der Waals surface area contributed by atoms with Crippen LogP contribution in [0.4, 0.5) is 18.9 Å². The van der Waals surface area contributed by atoms with Gasteiger partial charge < -0.3 is 0 Å². The molecule has 0 aromatic carbocycles. The van der Waals surface area contributed by atoms with Gasteiger partial charge in [-0.1, -0.05) is 11.6 Å². The second-order valence-electron chi connectivity index (χ2n) is 5.71. The van der Waals surface area contributed by atoms with Crippen molar-refractivity contribution < 1.29 is 18.0 Å². The zero-order chi connectivity index (χ0) is 18.5. The zero-order valence-corrected chi connectivity index (χ0v) is 13.7. The molecule has 1 unspecified atom stereocenters. The van der Waals surface area contributed by atoms with Gasteiger partial charge in [-0.25, -0.2) is 0 Å². The Morgan fingerprint density at radius 2 is 2.00 bits per heavy atom. The highest BCUT2D eigenvalue weighted by Crippen LogP contribution is 2.43. The first-order chi connectivity index (χ1) is 12.3. The summed E-state index contributed by atoms with van der Waals surface area (Å²) in [4.78, 5) is 21.5. The second kappa shape index (κ2) is 5.87. The maximum Gasteiger partial charge on any atom is 0.406 e. The van der Waals surface area contributed by atoms with Crippen LogP contribution in [0, 0.1) is 0 Å². The Morgan fingerprint density at radius 1 is 1.19 bits per heavy atom. The Kier molecular flexibility index (Phi) is 3.76. The standard InChI is InChI=1S/C16H9ClF3N5O/c17-9-1-2-11(21-5-9)8-3-12-14(22-4-8)13-10(6-23-24-13)15(26)25(12)7-16(18,19)20/h1-6,13H,7H2. The molecule has 0 spiro atoms. The molecular weight excluding hydrogens is 371 g/mol. The predicted octanol–water partition coefficient (Wildman–Crippen LogP) is 4.10. The van der Waals surface area contributed by atoms with Crippen molar-refractivity contribution in [1.82, 2.24) is 9.97 Å². The maximum absolute atomic E-state index is 13.0. The molecule has 0 aliphatic carbocycles. The molecule has 0 N–H and O–H groups in total. The van der Waals surface area contributed by atoms with E-state index in [0.717, 1.165) is 0 Å². The largest absolute Gasteiger partial charge is 0.406 e. The first-order valence-electron chi connectivity index (χ1n) is 7.44. The van der Waals surface area contributed by atoms with Gasteiger partial charge >= 0.3 is 6.18 Å². The van der Waals surface area contributed by atoms with Gasteiger partial charge in [0.25, 0.3) is 5.91 Å². The van der Waals surface area contributed by atoms with Crippen LogP contribution in [0.25, 0.3) is 11.3 Å². The minimum absolute atomic E-state index is 0.0459. The van der Waals surface area contributed by atoms with Gasteiger partial charge in [-0.05, 0) is 18.2 Å². The SMILES string of the molecule is O=C1C2=CN=NC2c2ncc(-c3ccc(Cl)cn3)cc2N1CC(F)(F)F. The van der Waals surface area contributed by atoms with E-state index in [4.69, 9.17) is 11.6 Å². The van der Waals surface area contributed by atoms with E-state index in [9.17, 15) is 18.0 Å². The van der Waals surface area contributed by atoms with E-state index < -0.39 is 24.7 Å². The summed E-state index contributed by atoms with van der Waals surface area (Å²) in [5.74, 6) is -0.784. The molecule has 2 aliphatic rings. The molecule has 1 amide bonds. The average molecular weight is 380 g/mol. The molecule has 26 heavy (non-hydrogen) atoms. The monoisotopic (exact) mass is 379 g/mol. The number of hydrogen-bond acceptors (Lipinski definition) is 5. The zero-order valence-electron chi connectivity index (χ0n) is 12.9. The van der Waals surface area contributed by atoms with Crippen molar-refractivity contribution in [2.45, 2.75) is 12.2 Å². The number of azo groups is 1. The minimum atomic E-state index is -4.57. The smallest absolute Gasteiger partial charge is 0.297 e. The molecule has 0 bridgehead atoms. The molecule has 4 rings (SSSR count). The summed E-state index contributed by atoms with van der Waals surface area (Å²) in [5.41, 5.74) is 1.30. The Bertz CT molecular complexity index is 955. The second-order valence-corrected chi connectivity index (χ2v) is 6.15. The van der Waals surface area contributed by atoms with E-state index >= 15 is 0 Å². The van der Waals surface area contributed by atoms with Crippen LogP contribution < -0.4 is 4.90 Å². The third-order valence-corrected chi connectivity index (χ3v) is 4.20. The van der Waals surface area contributed by atoms with Crippen LogP contribution in [0.15, 0.2) is 52.6 Å². The number of hydrogen-bond donors (Lipinski definition) is 0. The fraction of sp³-hybridized carbons (Fsp3) is 0.188. The fourth-order valence-corrected chi connectivity index (χ4v) is 2.96. The molecule has 0 saturated heterocycles. The molecule has 0 radical (unpaired) electrons. The highest BCUT2D eigenvalue weighted by Gasteiger charge is 2.43. The van der Waals surface area contributed by atoms with Crippen molar-refractivity contribution in [1.29, 1.82) is 0 Å². The quantitative estimate of drug-likeness (QED) is 0.788. The normalized spacial score (nSPS) is 18.6. The third-order valence-electron chi connectivity index (χ3n) is 3.97. The Morgan fingerprint density at radius 3 is 2.69 bits per heavy atom. The maximum atomic E-state index is 13.0. The Labute approximate surface area is 150 Å². The van der Waals surface area contributed by atoms with Crippen LogP contribution in [-0.2, 0) is 4.79 Å². The first-order valence-corrected chi connectivity index (χ1v) is 7.82. The Hall–Kier alpha value is -2.81. The van der Waals surface area contributed by atoms with Crippen molar-refractivity contribution in [3.63, 3.8) is 0 Å². The van der Waals surface area contributed by atoms with Crippen molar-refractivity contribution in [2.75, 3.05) is 11.4 Å². The number of pyridine rings is 2. The van der Waals surface area contributed by atoms with Crippen molar-refractivity contribution in [3.05, 3.63) is 53.1 Å². The molecule has 10 heteroatoms. The van der Waals surface area contributed by atoms with Crippen molar-refractivity contribution >= 4 is 23.2 Å². The van der Waals surface area contributed by atoms with E-state index in [1.165, 1.54) is 24.7 Å². The van der Waals surface area contributed by atoms with Gasteiger partial charge in [-0.2, -0.15) is 23.4 Å². The molecule has 4 heterocycles. The number of amides is 1. The van der Waals surface area contributed by atoms with Crippen molar-refractivity contribution in [2.24, 2.45) is 10.2 Å². The van der Waals surface area contributed by atoms with Crippen LogP contribution in [-0.4, -0.2) is 28.6 Å². The lowest BCUT2D eigenvalue weighted by Gasteiger charge is -2.32. The first kappa shape index (κ1) is 16.6. The lowest BCUT2D eigenvalue weighted by atomic mass is 9.96. The van der Waals surface area contributed by atoms with E-state index in [-0.39, 0.29) is 17.0 Å². The van der Waals surface area contributed by atoms with Crippen LogP contribution >= 0.6 is 11.6 Å². The summed E-state index contributed by atoms with van der Waals surface area (Å²) < 4.78 is 39.0. The summed E-state index contributed by atoms with van der Waals surface area (Å²) in [5, 5.41) is 7.99. The van der Waals surface area contributed by atoms with Gasteiger partial charge in [-0.3, -0.25) is 19.7 Å². The molecule has 2 aromatic rings. The van der Waals surface area contributed by atoms with E-state index in [1.807, 2.05) is 0 Å². The molecule has 2 aliphatic heterocycles. The van der Waals surface area contributed by atoms with Gasteiger partial charge in [-0.15, -0.1) is 0 Å². The Balaban J connectivity index is 1.84. The lowest BCUT2D eigenvalue weighted by Crippen LogP contribution is -2.43. The van der Waals surface area contributed by atoms with Gasteiger partial charge in [0.05, 0.1) is 33.9 Å². The van der Waals surface area contributed by atoms with Gasteiger partial charge in [0.1, 0.15) is 12.6 Å². The highest BCUT2D eigenvalue weighted by atomic mass is 35.5. The predicted molar refractivity (Wildman–Crippen MR) is 86.6 cm³/mol. The van der Waals surface area contributed by atoms with Gasteiger partial charge in [0.2, 0.25) is 0 Å². The summed E-state index contributed by atoms with van der Waals surface area (Å²) >= 11 is 5.81. The summed E-state index contributed by atoms with van der Waals surface area (Å²) in [6.07, 6.45) is -0.500. The lowest BCUT2D eigenvalue weighted by molar-refractivity contribution is -0.130. The number of aromatic nitrogens is 2. The third kappa shape index (κ3) is 2.84. The molecular formula is C16H9ClF3N5O. The van der Waals surface area contributed by atoms with Crippen LogP contribution in [0.3, 0.4) is 0 Å². The number of fused-ring (bicyclic) bond motifs is 3. The number of rotatable bonds is 2. The molecule has 6 nitrogen and oxygen atoms in total. The molecule has 0 fully saturated rings.